The highest BCUT2D eigenvalue weighted by Crippen LogP contribution is 2.37. The zero-order chi connectivity index (χ0) is 21.1. The van der Waals surface area contributed by atoms with Crippen LogP contribution in [0.4, 0.5) is 10.1 Å². The van der Waals surface area contributed by atoms with E-state index in [2.05, 4.69) is 21.2 Å². The van der Waals surface area contributed by atoms with E-state index in [0.717, 1.165) is 15.6 Å². The average molecular weight is 465 g/mol. The maximum Gasteiger partial charge on any atom is 0.247 e. The zero-order valence-corrected chi connectivity index (χ0v) is 17.5. The van der Waals surface area contributed by atoms with Gasteiger partial charge in [-0.1, -0.05) is 58.4 Å². The van der Waals surface area contributed by atoms with Crippen molar-refractivity contribution in [3.05, 3.63) is 106 Å². The molecule has 0 bridgehead atoms. The van der Waals surface area contributed by atoms with E-state index in [4.69, 9.17) is 0 Å². The van der Waals surface area contributed by atoms with Gasteiger partial charge >= 0.3 is 0 Å². The molecule has 0 fully saturated rings. The summed E-state index contributed by atoms with van der Waals surface area (Å²) in [4.78, 5) is 27.2. The number of hydrogen-bond donors (Lipinski definition) is 1. The molecule has 1 atom stereocenters. The molecule has 1 aliphatic rings. The molecule has 4 nitrogen and oxygen atoms in total. The van der Waals surface area contributed by atoms with Gasteiger partial charge in [0.15, 0.2) is 0 Å². The van der Waals surface area contributed by atoms with Gasteiger partial charge in [-0.15, -0.1) is 0 Å². The van der Waals surface area contributed by atoms with Crippen molar-refractivity contribution in [2.75, 3.05) is 11.9 Å². The lowest BCUT2D eigenvalue weighted by Crippen LogP contribution is -2.38. The second-order valence-corrected chi connectivity index (χ2v) is 7.86. The Hall–Kier alpha value is -3.25. The van der Waals surface area contributed by atoms with Gasteiger partial charge in [-0.05, 0) is 47.5 Å². The van der Waals surface area contributed by atoms with Gasteiger partial charge in [0, 0.05) is 21.8 Å². The van der Waals surface area contributed by atoms with Crippen molar-refractivity contribution in [1.82, 2.24) is 4.90 Å². The summed E-state index contributed by atoms with van der Waals surface area (Å²) in [6.45, 7) is -0.119. The summed E-state index contributed by atoms with van der Waals surface area (Å²) in [5.74, 6) is -0.960. The second kappa shape index (κ2) is 8.63. The van der Waals surface area contributed by atoms with Gasteiger partial charge in [0.2, 0.25) is 11.8 Å². The number of benzene rings is 3. The van der Waals surface area contributed by atoms with Gasteiger partial charge in [0.1, 0.15) is 12.4 Å². The summed E-state index contributed by atoms with van der Waals surface area (Å²) in [7, 11) is 0. The molecule has 30 heavy (non-hydrogen) atoms. The Morgan fingerprint density at radius 3 is 2.53 bits per heavy atom. The van der Waals surface area contributed by atoms with Gasteiger partial charge in [-0.3, -0.25) is 9.59 Å². The second-order valence-electron chi connectivity index (χ2n) is 6.94. The van der Waals surface area contributed by atoms with Crippen LogP contribution < -0.4 is 5.32 Å². The number of nitrogens with zero attached hydrogens (tertiary/aromatic N) is 1. The van der Waals surface area contributed by atoms with Crippen LogP contribution in [0.15, 0.2) is 83.3 Å². The Bertz CT molecular complexity index is 1110. The molecular weight excluding hydrogens is 447 g/mol. The fraction of sp³-hybridized carbons (Fsp3) is 0.0833. The van der Waals surface area contributed by atoms with Crippen LogP contribution in [0.2, 0.25) is 0 Å². The summed E-state index contributed by atoms with van der Waals surface area (Å²) < 4.78 is 14.4. The van der Waals surface area contributed by atoms with Crippen molar-refractivity contribution in [1.29, 1.82) is 0 Å². The van der Waals surface area contributed by atoms with E-state index in [9.17, 15) is 14.0 Å². The van der Waals surface area contributed by atoms with Crippen LogP contribution in [0.25, 0.3) is 6.08 Å². The molecule has 0 aliphatic carbocycles. The van der Waals surface area contributed by atoms with Crippen LogP contribution >= 0.6 is 15.9 Å². The van der Waals surface area contributed by atoms with Crippen LogP contribution in [0.3, 0.4) is 0 Å². The molecule has 3 aromatic carbocycles. The Morgan fingerprint density at radius 2 is 1.80 bits per heavy atom. The highest BCUT2D eigenvalue weighted by Gasteiger charge is 2.32. The SMILES string of the molecule is O=C1CN(C(=O)/C=C/c2ccccc2)[C@H](c2ccc(F)cc2)c2cc(Br)ccc2N1. The van der Waals surface area contributed by atoms with Crippen molar-refractivity contribution in [2.24, 2.45) is 0 Å². The quantitative estimate of drug-likeness (QED) is 0.543. The number of anilines is 1. The molecule has 1 N–H and O–H groups in total. The van der Waals surface area contributed by atoms with Crippen LogP contribution in [-0.2, 0) is 9.59 Å². The summed E-state index contributed by atoms with van der Waals surface area (Å²) in [6.07, 6.45) is 3.18. The zero-order valence-electron chi connectivity index (χ0n) is 15.9. The van der Waals surface area contributed by atoms with Gasteiger partial charge in [0.05, 0.1) is 6.04 Å². The maximum atomic E-state index is 13.6. The van der Waals surface area contributed by atoms with E-state index in [1.165, 1.54) is 23.1 Å². The third-order valence-electron chi connectivity index (χ3n) is 4.89. The minimum atomic E-state index is -0.551. The molecule has 6 heteroatoms. The van der Waals surface area contributed by atoms with Crippen molar-refractivity contribution < 1.29 is 14.0 Å². The first-order valence-electron chi connectivity index (χ1n) is 9.40. The topological polar surface area (TPSA) is 49.4 Å². The predicted octanol–water partition coefficient (Wildman–Crippen LogP) is 5.17. The molecule has 0 spiro atoms. The van der Waals surface area contributed by atoms with Crippen LogP contribution in [0, 0.1) is 5.82 Å². The lowest BCUT2D eigenvalue weighted by atomic mass is 9.95. The Morgan fingerprint density at radius 1 is 1.07 bits per heavy atom. The molecule has 2 amide bonds. The summed E-state index contributed by atoms with van der Waals surface area (Å²) >= 11 is 3.47. The molecule has 0 radical (unpaired) electrons. The molecule has 1 aliphatic heterocycles. The van der Waals surface area contributed by atoms with E-state index in [1.54, 1.807) is 24.3 Å². The minimum absolute atomic E-state index is 0.119. The van der Waals surface area contributed by atoms with Gasteiger partial charge < -0.3 is 10.2 Å². The van der Waals surface area contributed by atoms with Crippen LogP contribution in [0.5, 0.6) is 0 Å². The van der Waals surface area contributed by atoms with Gasteiger partial charge in [0.25, 0.3) is 0 Å². The molecule has 150 valence electrons. The predicted molar refractivity (Wildman–Crippen MR) is 118 cm³/mol. The maximum absolute atomic E-state index is 13.6. The Kier molecular flexibility index (Phi) is 5.77. The third kappa shape index (κ3) is 4.33. The summed E-state index contributed by atoms with van der Waals surface area (Å²) in [5, 5.41) is 2.87. The minimum Gasteiger partial charge on any atom is -0.324 e. The van der Waals surface area contributed by atoms with E-state index in [0.29, 0.717) is 11.3 Å². The highest BCUT2D eigenvalue weighted by molar-refractivity contribution is 9.10. The number of amides is 2. The van der Waals surface area contributed by atoms with E-state index < -0.39 is 6.04 Å². The number of hydrogen-bond acceptors (Lipinski definition) is 2. The first-order chi connectivity index (χ1) is 14.5. The number of rotatable bonds is 3. The fourth-order valence-corrected chi connectivity index (χ4v) is 3.89. The first-order valence-corrected chi connectivity index (χ1v) is 10.2. The van der Waals surface area contributed by atoms with E-state index in [1.807, 2.05) is 42.5 Å². The molecule has 1 heterocycles. The molecule has 0 aromatic heterocycles. The molecule has 0 saturated carbocycles. The number of halogens is 2. The normalized spacial score (nSPS) is 16.1. The first kappa shape index (κ1) is 20.0. The van der Waals surface area contributed by atoms with Crippen LogP contribution in [-0.4, -0.2) is 23.3 Å². The average Bonchev–Trinajstić information content (AvgIpc) is 2.89. The van der Waals surface area contributed by atoms with E-state index >= 15 is 0 Å². The smallest absolute Gasteiger partial charge is 0.247 e. The van der Waals surface area contributed by atoms with E-state index in [-0.39, 0.29) is 24.2 Å². The molecule has 0 unspecified atom stereocenters. The monoisotopic (exact) mass is 464 g/mol. The third-order valence-corrected chi connectivity index (χ3v) is 5.39. The number of carbonyl (C=O) groups is 2. The molecular formula is C24H18BrFN2O2. The number of fused-ring (bicyclic) bond motifs is 1. The fourth-order valence-electron chi connectivity index (χ4n) is 3.51. The standard InChI is InChI=1S/C24H18BrFN2O2/c25-18-9-12-21-20(14-18)24(17-7-10-19(26)11-8-17)28(15-22(29)27-21)23(30)13-6-16-4-2-1-3-5-16/h1-14,24H,15H2,(H,27,29)/b13-6+/t24-/m1/s1. The summed E-state index contributed by atoms with van der Waals surface area (Å²) in [6, 6.07) is 20.4. The Balaban J connectivity index is 1.79. The van der Waals surface area contributed by atoms with Crippen molar-refractivity contribution in [2.45, 2.75) is 6.04 Å². The number of nitrogens with one attached hydrogen (secondary N) is 1. The Labute approximate surface area is 182 Å². The summed E-state index contributed by atoms with van der Waals surface area (Å²) in [5.41, 5.74) is 2.98. The van der Waals surface area contributed by atoms with Crippen LogP contribution in [0.1, 0.15) is 22.7 Å². The van der Waals surface area contributed by atoms with Crippen molar-refractivity contribution >= 4 is 39.5 Å². The lowest BCUT2D eigenvalue weighted by Gasteiger charge is -2.30. The lowest BCUT2D eigenvalue weighted by molar-refractivity contribution is -0.131. The van der Waals surface area contributed by atoms with Gasteiger partial charge in [-0.25, -0.2) is 4.39 Å². The molecule has 3 aromatic rings. The molecule has 4 rings (SSSR count). The van der Waals surface area contributed by atoms with Crippen molar-refractivity contribution in [3.63, 3.8) is 0 Å². The van der Waals surface area contributed by atoms with Crippen molar-refractivity contribution in [3.8, 4) is 0 Å². The number of carbonyl (C=O) groups excluding carboxylic acids is 2. The van der Waals surface area contributed by atoms with Gasteiger partial charge in [-0.2, -0.15) is 0 Å². The molecule has 0 saturated heterocycles. The largest absolute Gasteiger partial charge is 0.324 e. The highest BCUT2D eigenvalue weighted by atomic mass is 79.9.